The largest absolute Gasteiger partial charge is 0.478 e. The number of hydrogen-bond donors (Lipinski definition) is 3. The lowest BCUT2D eigenvalue weighted by Crippen LogP contribution is -2.57. The Bertz CT molecular complexity index is 1150. The highest BCUT2D eigenvalue weighted by Gasteiger charge is 2.46. The molecule has 0 bridgehead atoms. The Morgan fingerprint density at radius 2 is 1.15 bits per heavy atom. The van der Waals surface area contributed by atoms with Crippen LogP contribution in [0.5, 0.6) is 0 Å². The number of nitrogens with one attached hydrogen (secondary N) is 2. The standard InChI is InChI=1S/C48H85FN2O8/c1-5-7-9-11-13-15-17-19-21-23-25-27-29-31-33-35-44(53)56-38-43(45(49)47-46(51-40(4)52)41(37-50)36-42(57-47)48(54)55)59-58-39(3)34-32-30-28-26-24-22-20-18-16-14-12-10-8-6-2/h36-37,41,43,45-47,50H,3,5-35,38H2,1-2,4H3,(H,51,52)(H,54,55)/t41-,43?,45?,46?,47+/m1/s1. The first-order valence-electron chi connectivity index (χ1n) is 23.8. The molecule has 0 radical (unpaired) electrons. The van der Waals surface area contributed by atoms with Crippen LogP contribution in [0.3, 0.4) is 0 Å². The SMILES string of the molecule is C=C(CCCCCCCCCCCCCCCC)OOC(COC(=O)CCCCCCCCCCCCCCCCC)C(F)[C@@H]1OC(C(=O)O)=C[C@H](C=N)C1NC(C)=O. The molecule has 1 rings (SSSR count). The summed E-state index contributed by atoms with van der Waals surface area (Å²) in [7, 11) is 0. The lowest BCUT2D eigenvalue weighted by atomic mass is 9.88. The van der Waals surface area contributed by atoms with E-state index in [-0.39, 0.29) is 12.2 Å². The van der Waals surface area contributed by atoms with Crippen LogP contribution in [0, 0.1) is 11.3 Å². The fraction of sp³-hybridized carbons (Fsp3) is 0.833. The van der Waals surface area contributed by atoms with Crippen molar-refractivity contribution in [3.8, 4) is 0 Å². The zero-order valence-electron chi connectivity index (χ0n) is 37.6. The Hall–Kier alpha value is -2.95. The van der Waals surface area contributed by atoms with Gasteiger partial charge in [0.25, 0.3) is 0 Å². The highest BCUT2D eigenvalue weighted by molar-refractivity contribution is 5.86. The van der Waals surface area contributed by atoms with E-state index in [0.717, 1.165) is 50.8 Å². The predicted octanol–water partition coefficient (Wildman–Crippen LogP) is 13.0. The molecule has 10 nitrogen and oxygen atoms in total. The minimum Gasteiger partial charge on any atom is -0.478 e. The molecule has 1 aliphatic heterocycles. The van der Waals surface area contributed by atoms with E-state index in [2.05, 4.69) is 25.7 Å². The zero-order valence-corrected chi connectivity index (χ0v) is 37.6. The van der Waals surface area contributed by atoms with Crippen LogP contribution in [0.25, 0.3) is 0 Å². The molecular weight excluding hydrogens is 752 g/mol. The molecule has 3 N–H and O–H groups in total. The number of carboxylic acids is 1. The lowest BCUT2D eigenvalue weighted by Gasteiger charge is -2.38. The quantitative estimate of drug-likeness (QED) is 0.0138. The highest BCUT2D eigenvalue weighted by Crippen LogP contribution is 2.29. The number of carbonyl (C=O) groups is 3. The topological polar surface area (TPSA) is 144 Å². The van der Waals surface area contributed by atoms with Crippen molar-refractivity contribution in [3.63, 3.8) is 0 Å². The maximum atomic E-state index is 16.5. The molecule has 1 aliphatic rings. The Balaban J connectivity index is 2.56. The van der Waals surface area contributed by atoms with E-state index in [1.807, 2.05) is 0 Å². The van der Waals surface area contributed by atoms with Gasteiger partial charge in [-0.25, -0.2) is 9.18 Å². The fourth-order valence-electron chi connectivity index (χ4n) is 7.67. The van der Waals surface area contributed by atoms with Crippen LogP contribution >= 0.6 is 0 Å². The van der Waals surface area contributed by atoms with Gasteiger partial charge in [-0.15, -0.1) is 0 Å². The number of alkyl halides is 1. The van der Waals surface area contributed by atoms with E-state index >= 15 is 4.39 Å². The van der Waals surface area contributed by atoms with Crippen LogP contribution in [0.1, 0.15) is 220 Å². The van der Waals surface area contributed by atoms with Gasteiger partial charge in [-0.3, -0.25) is 9.59 Å². The molecule has 11 heteroatoms. The molecule has 342 valence electrons. The summed E-state index contributed by atoms with van der Waals surface area (Å²) in [6.07, 6.45) is 33.0. The van der Waals surface area contributed by atoms with E-state index in [1.165, 1.54) is 148 Å². The first-order chi connectivity index (χ1) is 28.6. The summed E-state index contributed by atoms with van der Waals surface area (Å²) < 4.78 is 27.5. The molecule has 0 fully saturated rings. The third-order valence-electron chi connectivity index (χ3n) is 11.3. The number of carbonyl (C=O) groups excluding carboxylic acids is 2. The van der Waals surface area contributed by atoms with Crippen molar-refractivity contribution >= 4 is 24.1 Å². The summed E-state index contributed by atoms with van der Waals surface area (Å²) in [5.41, 5.74) is 0. The second kappa shape index (κ2) is 36.9. The van der Waals surface area contributed by atoms with Crippen molar-refractivity contribution in [2.24, 2.45) is 5.92 Å². The zero-order chi connectivity index (χ0) is 43.4. The molecule has 59 heavy (non-hydrogen) atoms. The molecule has 0 aromatic heterocycles. The minimum atomic E-state index is -2.12. The van der Waals surface area contributed by atoms with Crippen molar-refractivity contribution in [3.05, 3.63) is 24.2 Å². The van der Waals surface area contributed by atoms with Gasteiger partial charge in [-0.1, -0.05) is 194 Å². The normalized spacial score (nSPS) is 17.4. The van der Waals surface area contributed by atoms with Crippen LogP contribution in [0.4, 0.5) is 4.39 Å². The highest BCUT2D eigenvalue weighted by atomic mass is 19.1. The molecule has 0 aromatic rings. The lowest BCUT2D eigenvalue weighted by molar-refractivity contribution is -0.319. The number of allylic oxidation sites excluding steroid dienone is 1. The second-order valence-corrected chi connectivity index (χ2v) is 16.8. The number of aliphatic carboxylic acids is 1. The molecule has 0 aliphatic carbocycles. The van der Waals surface area contributed by atoms with Gasteiger partial charge in [0.1, 0.15) is 12.4 Å². The Morgan fingerprint density at radius 3 is 1.54 bits per heavy atom. The van der Waals surface area contributed by atoms with Crippen molar-refractivity contribution in [2.45, 2.75) is 244 Å². The maximum absolute atomic E-state index is 16.5. The number of amides is 1. The summed E-state index contributed by atoms with van der Waals surface area (Å²) in [4.78, 5) is 47.7. The molecule has 0 saturated carbocycles. The Morgan fingerprint density at radius 1 is 0.746 bits per heavy atom. The van der Waals surface area contributed by atoms with Crippen LogP contribution in [-0.2, 0) is 33.6 Å². The van der Waals surface area contributed by atoms with E-state index in [0.29, 0.717) is 12.8 Å². The number of ether oxygens (including phenoxy) is 2. The van der Waals surface area contributed by atoms with Gasteiger partial charge in [0, 0.05) is 31.9 Å². The molecule has 1 heterocycles. The van der Waals surface area contributed by atoms with E-state index in [9.17, 15) is 19.5 Å². The van der Waals surface area contributed by atoms with Gasteiger partial charge in [-0.2, -0.15) is 4.89 Å². The van der Waals surface area contributed by atoms with Gasteiger partial charge in [0.2, 0.25) is 11.7 Å². The molecular formula is C48H85FN2O8. The third-order valence-corrected chi connectivity index (χ3v) is 11.3. The van der Waals surface area contributed by atoms with E-state index in [4.69, 9.17) is 24.7 Å². The van der Waals surface area contributed by atoms with Crippen LogP contribution < -0.4 is 5.32 Å². The number of carboxylic acid groups (broad SMARTS) is 1. The molecule has 5 atom stereocenters. The molecule has 1 amide bonds. The first kappa shape index (κ1) is 54.1. The summed E-state index contributed by atoms with van der Waals surface area (Å²) in [5.74, 6) is -3.70. The number of unbranched alkanes of at least 4 members (excludes halogenated alkanes) is 27. The maximum Gasteiger partial charge on any atom is 0.370 e. The number of halogens is 1. The van der Waals surface area contributed by atoms with Gasteiger partial charge in [0.15, 0.2) is 18.4 Å². The average molecular weight is 837 g/mol. The number of hydrogen-bond acceptors (Lipinski definition) is 8. The van der Waals surface area contributed by atoms with Crippen molar-refractivity contribution in [1.29, 1.82) is 5.41 Å². The Kier molecular flexibility index (Phi) is 33.8. The number of esters is 1. The van der Waals surface area contributed by atoms with Crippen molar-refractivity contribution < 1.29 is 43.1 Å². The molecule has 0 saturated heterocycles. The Labute approximate surface area is 358 Å². The van der Waals surface area contributed by atoms with Crippen LogP contribution in [0.2, 0.25) is 0 Å². The van der Waals surface area contributed by atoms with Crippen LogP contribution in [0.15, 0.2) is 24.2 Å². The summed E-state index contributed by atoms with van der Waals surface area (Å²) in [6, 6.07) is -1.12. The van der Waals surface area contributed by atoms with Crippen molar-refractivity contribution in [1.82, 2.24) is 5.32 Å². The van der Waals surface area contributed by atoms with Gasteiger partial charge < -0.3 is 30.2 Å². The first-order valence-corrected chi connectivity index (χ1v) is 23.8. The summed E-state index contributed by atoms with van der Waals surface area (Å²) in [6.45, 7) is 9.13. The summed E-state index contributed by atoms with van der Waals surface area (Å²) in [5, 5.41) is 20.1. The van der Waals surface area contributed by atoms with E-state index < -0.39 is 60.6 Å². The summed E-state index contributed by atoms with van der Waals surface area (Å²) >= 11 is 0. The fourth-order valence-corrected chi connectivity index (χ4v) is 7.67. The predicted molar refractivity (Wildman–Crippen MR) is 236 cm³/mol. The second-order valence-electron chi connectivity index (χ2n) is 16.8. The van der Waals surface area contributed by atoms with Gasteiger partial charge >= 0.3 is 11.9 Å². The van der Waals surface area contributed by atoms with E-state index in [1.54, 1.807) is 0 Å². The van der Waals surface area contributed by atoms with Crippen molar-refractivity contribution in [2.75, 3.05) is 6.61 Å². The third kappa shape index (κ3) is 28.3. The number of rotatable bonds is 41. The smallest absolute Gasteiger partial charge is 0.370 e. The monoisotopic (exact) mass is 837 g/mol. The molecule has 0 aromatic carbocycles. The molecule has 3 unspecified atom stereocenters. The van der Waals surface area contributed by atoms with Gasteiger partial charge in [0.05, 0.1) is 6.04 Å². The molecule has 0 spiro atoms. The average Bonchev–Trinajstić information content (AvgIpc) is 3.21. The van der Waals surface area contributed by atoms with Crippen LogP contribution in [-0.4, -0.2) is 60.2 Å². The van der Waals surface area contributed by atoms with Gasteiger partial charge in [-0.05, 0) is 18.9 Å². The minimum absolute atomic E-state index is 0.171.